The highest BCUT2D eigenvalue weighted by atomic mass is 16.1. The highest BCUT2D eigenvalue weighted by molar-refractivity contribution is 6.02. The average Bonchev–Trinajstić information content (AvgIpc) is 3.15. The molecule has 0 spiro atoms. The molecule has 3 rings (SSSR count). The molecule has 126 valence electrons. The SMILES string of the molecule is C[C@@H](Nc1c(C(N)=O)cnn2cc(-n3cccn3)cc12)C(C)(C)C. The molecule has 1 atom stereocenters. The third kappa shape index (κ3) is 2.84. The molecule has 0 aliphatic heterocycles. The maximum absolute atomic E-state index is 11.8. The van der Waals surface area contributed by atoms with E-state index in [9.17, 15) is 4.79 Å². The minimum absolute atomic E-state index is 0.0204. The van der Waals surface area contributed by atoms with Crippen LogP contribution in [0.1, 0.15) is 38.1 Å². The maximum Gasteiger partial charge on any atom is 0.252 e. The highest BCUT2D eigenvalue weighted by Gasteiger charge is 2.23. The van der Waals surface area contributed by atoms with Crippen molar-refractivity contribution in [3.05, 3.63) is 42.5 Å². The first-order valence-corrected chi connectivity index (χ1v) is 7.85. The number of carbonyl (C=O) groups excluding carboxylic acids is 1. The van der Waals surface area contributed by atoms with Crippen LogP contribution in [0.15, 0.2) is 36.9 Å². The van der Waals surface area contributed by atoms with Gasteiger partial charge in [0.05, 0.1) is 34.8 Å². The molecule has 0 aliphatic carbocycles. The van der Waals surface area contributed by atoms with Gasteiger partial charge in [-0.1, -0.05) is 20.8 Å². The Morgan fingerprint density at radius 2 is 2.08 bits per heavy atom. The Morgan fingerprint density at radius 1 is 1.33 bits per heavy atom. The third-order valence-electron chi connectivity index (χ3n) is 4.32. The largest absolute Gasteiger partial charge is 0.380 e. The summed E-state index contributed by atoms with van der Waals surface area (Å²) in [6.45, 7) is 8.50. The molecule has 1 amide bonds. The number of amides is 1. The molecule has 0 saturated carbocycles. The molecular formula is C17H22N6O. The normalized spacial score (nSPS) is 13.2. The number of rotatable bonds is 4. The molecule has 3 heterocycles. The number of nitrogens with two attached hydrogens (primary N) is 1. The maximum atomic E-state index is 11.8. The van der Waals surface area contributed by atoms with Crippen LogP contribution >= 0.6 is 0 Å². The zero-order valence-corrected chi connectivity index (χ0v) is 14.3. The Labute approximate surface area is 140 Å². The standard InChI is InChI=1S/C17H22N6O/c1-11(17(2,3)4)21-15-13(16(18)24)9-20-23-10-12(8-14(15)23)22-7-5-6-19-22/h5-11,21H,1-4H3,(H2,18,24)/t11-/m1/s1. The summed E-state index contributed by atoms with van der Waals surface area (Å²) >= 11 is 0. The van der Waals surface area contributed by atoms with Gasteiger partial charge >= 0.3 is 0 Å². The lowest BCUT2D eigenvalue weighted by atomic mass is 9.88. The fourth-order valence-corrected chi connectivity index (χ4v) is 2.36. The van der Waals surface area contributed by atoms with Gasteiger partial charge in [0, 0.05) is 18.4 Å². The lowest BCUT2D eigenvalue weighted by Gasteiger charge is -2.29. The number of hydrogen-bond acceptors (Lipinski definition) is 4. The van der Waals surface area contributed by atoms with E-state index in [-0.39, 0.29) is 11.5 Å². The predicted octanol–water partition coefficient (Wildman–Crippen LogP) is 2.47. The van der Waals surface area contributed by atoms with Crippen LogP contribution in [0.4, 0.5) is 5.69 Å². The fraction of sp³-hybridized carbons (Fsp3) is 0.353. The smallest absolute Gasteiger partial charge is 0.252 e. The number of nitrogens with one attached hydrogen (secondary N) is 1. The number of primary amides is 1. The number of carbonyl (C=O) groups is 1. The van der Waals surface area contributed by atoms with Crippen LogP contribution in [-0.2, 0) is 0 Å². The number of hydrogen-bond donors (Lipinski definition) is 2. The quantitative estimate of drug-likeness (QED) is 0.770. The summed E-state index contributed by atoms with van der Waals surface area (Å²) in [7, 11) is 0. The summed E-state index contributed by atoms with van der Waals surface area (Å²) in [5, 5.41) is 12.0. The summed E-state index contributed by atoms with van der Waals surface area (Å²) in [5.74, 6) is -0.504. The lowest BCUT2D eigenvalue weighted by molar-refractivity contribution is 0.100. The Morgan fingerprint density at radius 3 is 2.67 bits per heavy atom. The van der Waals surface area contributed by atoms with Crippen LogP contribution in [-0.4, -0.2) is 31.3 Å². The van der Waals surface area contributed by atoms with Crippen LogP contribution < -0.4 is 11.1 Å². The van der Waals surface area contributed by atoms with Crippen molar-refractivity contribution in [1.29, 1.82) is 0 Å². The van der Waals surface area contributed by atoms with Crippen molar-refractivity contribution in [2.24, 2.45) is 11.1 Å². The Hall–Kier alpha value is -2.83. The monoisotopic (exact) mass is 326 g/mol. The second-order valence-electron chi connectivity index (χ2n) is 7.01. The first-order valence-electron chi connectivity index (χ1n) is 7.85. The third-order valence-corrected chi connectivity index (χ3v) is 4.32. The van der Waals surface area contributed by atoms with Crippen molar-refractivity contribution in [1.82, 2.24) is 19.4 Å². The van der Waals surface area contributed by atoms with Gasteiger partial charge in [-0.25, -0.2) is 9.20 Å². The molecule has 0 unspecified atom stereocenters. The summed E-state index contributed by atoms with van der Waals surface area (Å²) in [6, 6.07) is 3.92. The van der Waals surface area contributed by atoms with Gasteiger partial charge in [0.2, 0.25) is 0 Å². The second kappa shape index (κ2) is 5.67. The van der Waals surface area contributed by atoms with Crippen molar-refractivity contribution in [2.45, 2.75) is 33.7 Å². The van der Waals surface area contributed by atoms with E-state index < -0.39 is 5.91 Å². The van der Waals surface area contributed by atoms with Crippen LogP contribution in [0.2, 0.25) is 0 Å². The van der Waals surface area contributed by atoms with E-state index in [0.717, 1.165) is 11.2 Å². The highest BCUT2D eigenvalue weighted by Crippen LogP contribution is 2.29. The van der Waals surface area contributed by atoms with Crippen LogP contribution in [0.25, 0.3) is 11.2 Å². The van der Waals surface area contributed by atoms with Crippen molar-refractivity contribution < 1.29 is 4.79 Å². The molecule has 0 fully saturated rings. The molecule has 0 radical (unpaired) electrons. The Kier molecular flexibility index (Phi) is 3.79. The zero-order valence-electron chi connectivity index (χ0n) is 14.3. The van der Waals surface area contributed by atoms with Gasteiger partial charge in [-0.05, 0) is 24.5 Å². The molecule has 24 heavy (non-hydrogen) atoms. The Bertz CT molecular complexity index is 873. The van der Waals surface area contributed by atoms with E-state index in [1.54, 1.807) is 15.4 Å². The second-order valence-corrected chi connectivity index (χ2v) is 7.01. The molecular weight excluding hydrogens is 304 g/mol. The van der Waals surface area contributed by atoms with Gasteiger partial charge in [0.1, 0.15) is 0 Å². The van der Waals surface area contributed by atoms with E-state index in [1.165, 1.54) is 6.20 Å². The summed E-state index contributed by atoms with van der Waals surface area (Å²) < 4.78 is 3.47. The van der Waals surface area contributed by atoms with Gasteiger partial charge in [0.25, 0.3) is 5.91 Å². The van der Waals surface area contributed by atoms with E-state index in [4.69, 9.17) is 5.73 Å². The molecule has 0 saturated heterocycles. The van der Waals surface area contributed by atoms with Gasteiger partial charge in [0.15, 0.2) is 0 Å². The number of nitrogens with zero attached hydrogens (tertiary/aromatic N) is 4. The lowest BCUT2D eigenvalue weighted by Crippen LogP contribution is -2.32. The van der Waals surface area contributed by atoms with E-state index >= 15 is 0 Å². The molecule has 0 aromatic carbocycles. The van der Waals surface area contributed by atoms with E-state index in [0.29, 0.717) is 11.3 Å². The van der Waals surface area contributed by atoms with Gasteiger partial charge in [-0.3, -0.25) is 4.79 Å². The summed E-state index contributed by atoms with van der Waals surface area (Å²) in [5.41, 5.74) is 8.28. The van der Waals surface area contributed by atoms with Crippen molar-refractivity contribution >= 4 is 17.1 Å². The van der Waals surface area contributed by atoms with Crippen LogP contribution in [0, 0.1) is 5.41 Å². The van der Waals surface area contributed by atoms with Crippen molar-refractivity contribution in [3.63, 3.8) is 0 Å². The topological polar surface area (TPSA) is 90.2 Å². The summed E-state index contributed by atoms with van der Waals surface area (Å²) in [6.07, 6.45) is 6.93. The molecule has 3 aromatic heterocycles. The Balaban J connectivity index is 2.15. The minimum atomic E-state index is -0.504. The number of anilines is 1. The molecule has 7 nitrogen and oxygen atoms in total. The van der Waals surface area contributed by atoms with E-state index in [1.807, 2.05) is 24.5 Å². The summed E-state index contributed by atoms with van der Waals surface area (Å²) in [4.78, 5) is 11.8. The molecule has 3 aromatic rings. The minimum Gasteiger partial charge on any atom is -0.380 e. The van der Waals surface area contributed by atoms with Crippen LogP contribution in [0.5, 0.6) is 0 Å². The number of aromatic nitrogens is 4. The first kappa shape index (κ1) is 16.0. The first-order chi connectivity index (χ1) is 11.3. The molecule has 7 heteroatoms. The van der Waals surface area contributed by atoms with Crippen molar-refractivity contribution in [3.8, 4) is 5.69 Å². The van der Waals surface area contributed by atoms with Crippen molar-refractivity contribution in [2.75, 3.05) is 5.32 Å². The van der Waals surface area contributed by atoms with E-state index in [2.05, 4.69) is 43.2 Å². The van der Waals surface area contributed by atoms with Crippen LogP contribution in [0.3, 0.4) is 0 Å². The molecule has 3 N–H and O–H groups in total. The number of fused-ring (bicyclic) bond motifs is 1. The fourth-order valence-electron chi connectivity index (χ4n) is 2.36. The molecule has 0 bridgehead atoms. The van der Waals surface area contributed by atoms with Gasteiger partial charge in [-0.15, -0.1) is 0 Å². The van der Waals surface area contributed by atoms with Gasteiger partial charge in [-0.2, -0.15) is 10.2 Å². The predicted molar refractivity (Wildman–Crippen MR) is 93.4 cm³/mol. The molecule has 0 aliphatic rings. The zero-order chi connectivity index (χ0) is 17.5. The average molecular weight is 326 g/mol. The van der Waals surface area contributed by atoms with Gasteiger partial charge < -0.3 is 11.1 Å².